The van der Waals surface area contributed by atoms with Gasteiger partial charge in [-0.3, -0.25) is 38.7 Å². The van der Waals surface area contributed by atoms with Gasteiger partial charge in [0.15, 0.2) is 5.82 Å². The predicted octanol–water partition coefficient (Wildman–Crippen LogP) is 4.41. The molecule has 5 aliphatic rings. The van der Waals surface area contributed by atoms with Crippen molar-refractivity contribution in [1.82, 2.24) is 24.7 Å². The van der Waals surface area contributed by atoms with Crippen molar-refractivity contribution in [2.75, 3.05) is 55.6 Å². The number of piperazine rings is 1. The second kappa shape index (κ2) is 15.6. The number of nitrogens with two attached hydrogens (primary N) is 1. The van der Waals surface area contributed by atoms with Crippen molar-refractivity contribution in [2.24, 2.45) is 22.5 Å². The molecule has 1 saturated carbocycles. The summed E-state index contributed by atoms with van der Waals surface area (Å²) in [5.74, 6) is -4.68. The minimum atomic E-state index is -1.41. The second-order valence-electron chi connectivity index (χ2n) is 17.7. The first-order chi connectivity index (χ1) is 28.9. The van der Waals surface area contributed by atoms with Crippen molar-refractivity contribution >= 4 is 52.8 Å². The lowest BCUT2D eigenvalue weighted by molar-refractivity contribution is -0.216. The first-order valence-electron chi connectivity index (χ1n) is 20.4. The van der Waals surface area contributed by atoms with Gasteiger partial charge < -0.3 is 20.3 Å². The number of rotatable bonds is 9. The molecule has 2 N–H and O–H groups in total. The number of likely N-dealkylation sites (tertiary alicyclic amines) is 1. The molecule has 5 heterocycles. The summed E-state index contributed by atoms with van der Waals surface area (Å²) in [7, 11) is 0. The Bertz CT molecular complexity index is 2360. The van der Waals surface area contributed by atoms with E-state index in [2.05, 4.69) is 19.8 Å². The Morgan fingerprint density at radius 2 is 1.57 bits per heavy atom. The summed E-state index contributed by atoms with van der Waals surface area (Å²) in [6.07, 6.45) is 3.77. The maximum Gasteiger partial charge on any atom is 0.265 e. The Morgan fingerprint density at radius 1 is 0.918 bits per heavy atom. The van der Waals surface area contributed by atoms with Crippen molar-refractivity contribution in [3.8, 4) is 11.8 Å². The molecular formula is C43H46ClF2N9O6. The molecule has 1 unspecified atom stereocenters. The van der Waals surface area contributed by atoms with Crippen LogP contribution in [0.1, 0.15) is 90.0 Å². The molecule has 3 aromatic rings. The number of fused-ring (bicyclic) bond motifs is 1. The van der Waals surface area contributed by atoms with Gasteiger partial charge in [0.05, 0.1) is 33.3 Å². The fourth-order valence-electron chi connectivity index (χ4n) is 10.5. The molecular weight excluding hydrogens is 812 g/mol. The molecule has 2 aromatic carbocycles. The van der Waals surface area contributed by atoms with E-state index in [-0.39, 0.29) is 42.1 Å². The van der Waals surface area contributed by atoms with Crippen molar-refractivity contribution in [2.45, 2.75) is 71.6 Å². The number of amides is 5. The number of anilines is 2. The van der Waals surface area contributed by atoms with Crippen LogP contribution < -0.4 is 20.3 Å². The zero-order valence-corrected chi connectivity index (χ0v) is 35.0. The highest BCUT2D eigenvalue weighted by Crippen LogP contribution is 2.58. The Labute approximate surface area is 356 Å². The maximum absolute atomic E-state index is 16.5. The molecule has 5 amide bonds. The number of primary amides is 1. The van der Waals surface area contributed by atoms with E-state index in [1.807, 2.05) is 33.8 Å². The van der Waals surface area contributed by atoms with Crippen LogP contribution in [0.4, 0.5) is 20.4 Å². The molecule has 1 aliphatic carbocycles. The minimum absolute atomic E-state index is 0.157. The monoisotopic (exact) mass is 857 g/mol. The van der Waals surface area contributed by atoms with Crippen LogP contribution in [0.15, 0.2) is 36.7 Å². The summed E-state index contributed by atoms with van der Waals surface area (Å²) in [6.45, 7) is 11.3. The van der Waals surface area contributed by atoms with Crippen LogP contribution in [0.2, 0.25) is 5.02 Å². The van der Waals surface area contributed by atoms with Gasteiger partial charge >= 0.3 is 0 Å². The standard InChI is InChI=1S/C43H46ClF2N9O6/c1-42(2)39(43(3,4)40(42)61-26-6-5-24(19-47)28(44)17-26)55-31(56)8-7-30(37(55)59)54-36(58)27-18-29(45)34(33(46)32(27)38(54)60)52-15-13-51(14-16-52)22-23-9-11-53(12-10-23)41-49-20-25(21-50-41)35(48)57/h5-6,17-18,20-21,23,30,39-40H,7-16,22H2,1-4H3,(H2,48,57). The Balaban J connectivity index is 0.922. The van der Waals surface area contributed by atoms with Gasteiger partial charge in [0.2, 0.25) is 11.9 Å². The van der Waals surface area contributed by atoms with Crippen LogP contribution >= 0.6 is 11.6 Å². The first kappa shape index (κ1) is 42.0. The highest BCUT2D eigenvalue weighted by atomic mass is 35.5. The number of hydrogen-bond donors (Lipinski definition) is 1. The summed E-state index contributed by atoms with van der Waals surface area (Å²) in [4.78, 5) is 83.4. The van der Waals surface area contributed by atoms with E-state index in [0.29, 0.717) is 35.6 Å². The molecule has 0 bridgehead atoms. The van der Waals surface area contributed by atoms with E-state index in [0.717, 1.165) is 43.4 Å². The van der Waals surface area contributed by atoms with Crippen molar-refractivity contribution in [1.29, 1.82) is 5.26 Å². The van der Waals surface area contributed by atoms with Crippen molar-refractivity contribution < 1.29 is 37.5 Å². The highest BCUT2D eigenvalue weighted by molar-refractivity contribution is 6.31. The van der Waals surface area contributed by atoms with Crippen molar-refractivity contribution in [3.05, 3.63) is 75.6 Å². The van der Waals surface area contributed by atoms with Crippen LogP contribution in [-0.4, -0.2) is 118 Å². The number of imide groups is 2. The van der Waals surface area contributed by atoms with Gasteiger partial charge in [-0.1, -0.05) is 39.3 Å². The van der Waals surface area contributed by atoms with E-state index in [4.69, 9.17) is 22.1 Å². The summed E-state index contributed by atoms with van der Waals surface area (Å²) >= 11 is 6.25. The van der Waals surface area contributed by atoms with Gasteiger partial charge in [-0.15, -0.1) is 0 Å². The third-order valence-corrected chi connectivity index (χ3v) is 13.5. The number of nitriles is 1. The van der Waals surface area contributed by atoms with E-state index in [9.17, 15) is 29.2 Å². The summed E-state index contributed by atoms with van der Waals surface area (Å²) in [6, 6.07) is 5.45. The normalized spacial score (nSPS) is 24.1. The predicted molar refractivity (Wildman–Crippen MR) is 218 cm³/mol. The van der Waals surface area contributed by atoms with Crippen LogP contribution in [0.25, 0.3) is 0 Å². The SMILES string of the molecule is CC1(C)C(Oc2ccc(C#N)c(Cl)c2)C(C)(C)C1N1C(=O)CCC(N2C(=O)c3cc(F)c(N4CCN(CC5CCN(c6ncc(C(N)=O)cn6)CC5)CC4)c(F)c3C2=O)C1=O. The number of aromatic nitrogens is 2. The molecule has 1 atom stereocenters. The zero-order chi connectivity index (χ0) is 43.7. The lowest BCUT2D eigenvalue weighted by Crippen LogP contribution is -2.77. The second-order valence-corrected chi connectivity index (χ2v) is 18.1. The topological polar surface area (TPSA) is 186 Å². The maximum atomic E-state index is 16.5. The van der Waals surface area contributed by atoms with Crippen LogP contribution in [0.5, 0.6) is 5.75 Å². The third-order valence-electron chi connectivity index (χ3n) is 13.2. The molecule has 15 nitrogen and oxygen atoms in total. The van der Waals surface area contributed by atoms with Crippen molar-refractivity contribution in [3.63, 3.8) is 0 Å². The van der Waals surface area contributed by atoms with Crippen LogP contribution in [-0.2, 0) is 9.59 Å². The fraction of sp³-hybridized carbons (Fsp3) is 0.488. The van der Waals surface area contributed by atoms with E-state index >= 15 is 8.78 Å². The van der Waals surface area contributed by atoms with E-state index < -0.39 is 87.0 Å². The number of hydrogen-bond acceptors (Lipinski definition) is 12. The largest absolute Gasteiger partial charge is 0.489 e. The van der Waals surface area contributed by atoms with Crippen LogP contribution in [0.3, 0.4) is 0 Å². The number of benzene rings is 2. The number of ether oxygens (including phenoxy) is 1. The average Bonchev–Trinajstić information content (AvgIpc) is 3.47. The van der Waals surface area contributed by atoms with Gasteiger partial charge in [0.1, 0.15) is 35.5 Å². The number of nitrogens with zero attached hydrogens (tertiary/aromatic N) is 8. The minimum Gasteiger partial charge on any atom is -0.489 e. The molecule has 0 spiro atoms. The number of carbonyl (C=O) groups is 5. The van der Waals surface area contributed by atoms with Gasteiger partial charge in [0.25, 0.3) is 23.6 Å². The molecule has 4 aliphatic heterocycles. The summed E-state index contributed by atoms with van der Waals surface area (Å²) in [5, 5.41) is 9.49. The van der Waals surface area contributed by atoms with Gasteiger partial charge in [-0.25, -0.2) is 18.7 Å². The molecule has 18 heteroatoms. The van der Waals surface area contributed by atoms with Gasteiger partial charge in [0, 0.05) is 81.5 Å². The number of carbonyl (C=O) groups excluding carboxylic acids is 5. The first-order valence-corrected chi connectivity index (χ1v) is 20.8. The lowest BCUT2D eigenvalue weighted by atomic mass is 9.48. The molecule has 61 heavy (non-hydrogen) atoms. The smallest absolute Gasteiger partial charge is 0.265 e. The Morgan fingerprint density at radius 3 is 2.18 bits per heavy atom. The fourth-order valence-corrected chi connectivity index (χ4v) is 10.7. The Hall–Kier alpha value is -5.73. The van der Waals surface area contributed by atoms with Crippen LogP contribution in [0, 0.1) is 39.7 Å². The van der Waals surface area contributed by atoms with E-state index in [1.165, 1.54) is 24.5 Å². The molecule has 4 fully saturated rings. The average molecular weight is 858 g/mol. The quantitative estimate of drug-likeness (QED) is 0.300. The molecule has 3 saturated heterocycles. The summed E-state index contributed by atoms with van der Waals surface area (Å²) in [5.41, 5.74) is 2.75. The molecule has 8 rings (SSSR count). The third kappa shape index (κ3) is 7.12. The molecule has 0 radical (unpaired) electrons. The van der Waals surface area contributed by atoms with Gasteiger partial charge in [-0.2, -0.15) is 5.26 Å². The molecule has 1 aromatic heterocycles. The lowest BCUT2D eigenvalue weighted by Gasteiger charge is -2.65. The number of piperidine rings is 2. The number of halogens is 3. The zero-order valence-electron chi connectivity index (χ0n) is 34.3. The Kier molecular flexibility index (Phi) is 10.8. The summed E-state index contributed by atoms with van der Waals surface area (Å²) < 4.78 is 38.7. The van der Waals surface area contributed by atoms with E-state index in [1.54, 1.807) is 11.0 Å². The van der Waals surface area contributed by atoms with Gasteiger partial charge in [-0.05, 0) is 43.4 Å². The highest BCUT2D eigenvalue weighted by Gasteiger charge is 2.68. The molecule has 320 valence electrons.